The van der Waals surface area contributed by atoms with E-state index in [0.717, 1.165) is 26.3 Å². The predicted molar refractivity (Wildman–Crippen MR) is 90.4 cm³/mol. The van der Waals surface area contributed by atoms with Crippen molar-refractivity contribution in [3.8, 4) is 0 Å². The maximum atomic E-state index is 12.3. The van der Waals surface area contributed by atoms with Gasteiger partial charge in [-0.25, -0.2) is 4.98 Å². The van der Waals surface area contributed by atoms with Gasteiger partial charge in [-0.15, -0.1) is 0 Å². The lowest BCUT2D eigenvalue weighted by molar-refractivity contribution is 0.0308. The van der Waals surface area contributed by atoms with Crippen LogP contribution in [0.5, 0.6) is 0 Å². The molecule has 2 heterocycles. The first kappa shape index (κ1) is 16.5. The summed E-state index contributed by atoms with van der Waals surface area (Å²) in [5, 5.41) is 2.74. The molecule has 1 N–H and O–H groups in total. The van der Waals surface area contributed by atoms with Gasteiger partial charge in [-0.1, -0.05) is 6.07 Å². The van der Waals surface area contributed by atoms with Crippen molar-refractivity contribution >= 4 is 17.0 Å². The van der Waals surface area contributed by atoms with Gasteiger partial charge < -0.3 is 19.4 Å². The van der Waals surface area contributed by atoms with Crippen LogP contribution in [0.25, 0.3) is 11.1 Å². The Morgan fingerprint density at radius 2 is 2.17 bits per heavy atom. The highest BCUT2D eigenvalue weighted by molar-refractivity contribution is 6.04. The molecule has 0 saturated carbocycles. The van der Waals surface area contributed by atoms with E-state index in [1.807, 2.05) is 25.1 Å². The molecule has 3 rings (SSSR count). The van der Waals surface area contributed by atoms with Crippen LogP contribution in [-0.4, -0.2) is 61.1 Å². The molecule has 7 heteroatoms. The smallest absolute Gasteiger partial charge is 0.257 e. The number of carbonyl (C=O) groups excluding carboxylic acids is 1. The molecule has 0 atom stereocenters. The van der Waals surface area contributed by atoms with Crippen molar-refractivity contribution in [1.29, 1.82) is 0 Å². The van der Waals surface area contributed by atoms with Gasteiger partial charge in [0.1, 0.15) is 5.52 Å². The number of para-hydroxylation sites is 1. The van der Waals surface area contributed by atoms with Gasteiger partial charge in [0.05, 0.1) is 25.3 Å². The van der Waals surface area contributed by atoms with Crippen LogP contribution < -0.4 is 5.32 Å². The van der Waals surface area contributed by atoms with Crippen LogP contribution in [0.1, 0.15) is 16.2 Å². The molecule has 0 bridgehead atoms. The Labute approximate surface area is 140 Å². The normalized spacial score (nSPS) is 15.9. The van der Waals surface area contributed by atoms with Crippen LogP contribution in [0.15, 0.2) is 35.0 Å². The van der Waals surface area contributed by atoms with Crippen LogP contribution in [0, 0.1) is 0 Å². The zero-order chi connectivity index (χ0) is 16.9. The highest BCUT2D eigenvalue weighted by Crippen LogP contribution is 2.21. The fourth-order valence-electron chi connectivity index (χ4n) is 2.54. The number of fused-ring (bicyclic) bond motifs is 1. The van der Waals surface area contributed by atoms with E-state index in [9.17, 15) is 4.79 Å². The van der Waals surface area contributed by atoms with E-state index in [1.165, 1.54) is 0 Å². The first-order chi connectivity index (χ1) is 11.6. The molecule has 128 valence electrons. The minimum Gasteiger partial charge on any atom is -0.439 e. The number of amides is 1. The second-order valence-corrected chi connectivity index (χ2v) is 5.90. The summed E-state index contributed by atoms with van der Waals surface area (Å²) in [5.41, 5.74) is 1.73. The monoisotopic (exact) mass is 330 g/mol. The zero-order valence-electron chi connectivity index (χ0n) is 14.0. The number of morpholine rings is 1. The average Bonchev–Trinajstić information content (AvgIpc) is 2.97. The fraction of sp³-hybridized carbons (Fsp3) is 0.412. The molecular weight excluding hydrogens is 308 g/mol. The number of hydrogen-bond donors (Lipinski definition) is 1. The van der Waals surface area contributed by atoms with Crippen molar-refractivity contribution in [1.82, 2.24) is 20.1 Å². The number of oxazole rings is 1. The molecule has 0 spiro atoms. The molecule has 0 aliphatic carbocycles. The third-order valence-electron chi connectivity index (χ3n) is 3.76. The largest absolute Gasteiger partial charge is 0.439 e. The van der Waals surface area contributed by atoms with Crippen molar-refractivity contribution in [2.24, 2.45) is 0 Å². The predicted octanol–water partition coefficient (Wildman–Crippen LogP) is 1.42. The Morgan fingerprint density at radius 1 is 1.38 bits per heavy atom. The van der Waals surface area contributed by atoms with Gasteiger partial charge in [0, 0.05) is 39.6 Å². The maximum Gasteiger partial charge on any atom is 0.257 e. The number of carbonyl (C=O) groups is 1. The van der Waals surface area contributed by atoms with E-state index in [2.05, 4.69) is 15.2 Å². The summed E-state index contributed by atoms with van der Waals surface area (Å²) in [4.78, 5) is 21.0. The van der Waals surface area contributed by atoms with Crippen molar-refractivity contribution < 1.29 is 13.9 Å². The van der Waals surface area contributed by atoms with Gasteiger partial charge >= 0.3 is 0 Å². The minimum atomic E-state index is -0.204. The molecule has 0 radical (unpaired) electrons. The number of nitrogens with one attached hydrogen (secondary N) is 1. The highest BCUT2D eigenvalue weighted by Gasteiger charge is 2.17. The second-order valence-electron chi connectivity index (χ2n) is 5.90. The number of nitrogens with zero attached hydrogens (tertiary/aromatic N) is 3. The molecule has 1 aromatic heterocycles. The molecule has 1 aliphatic heterocycles. The summed E-state index contributed by atoms with van der Waals surface area (Å²) in [6.07, 6.45) is 3.38. The van der Waals surface area contributed by atoms with Gasteiger partial charge in [0.15, 0.2) is 5.58 Å². The summed E-state index contributed by atoms with van der Waals surface area (Å²) in [5.74, 6) is 0.418. The Kier molecular flexibility index (Phi) is 5.12. The van der Waals surface area contributed by atoms with Crippen LogP contribution in [0.3, 0.4) is 0 Å². The molecule has 24 heavy (non-hydrogen) atoms. The molecule has 1 amide bonds. The molecule has 1 fully saturated rings. The van der Waals surface area contributed by atoms with Crippen LogP contribution in [-0.2, 0) is 11.3 Å². The minimum absolute atomic E-state index is 0.204. The number of ether oxygens (including phenoxy) is 1. The van der Waals surface area contributed by atoms with E-state index < -0.39 is 0 Å². The molecule has 0 unspecified atom stereocenters. The average molecular weight is 330 g/mol. The van der Waals surface area contributed by atoms with Gasteiger partial charge in [0.25, 0.3) is 5.91 Å². The van der Waals surface area contributed by atoms with Crippen molar-refractivity contribution in [2.45, 2.75) is 6.54 Å². The summed E-state index contributed by atoms with van der Waals surface area (Å²) < 4.78 is 11.2. The SMILES string of the molecule is CN(C)C=CNC(=O)c1cccc2oc(CN3CCOCC3)nc12. The van der Waals surface area contributed by atoms with Crippen molar-refractivity contribution in [3.63, 3.8) is 0 Å². The highest BCUT2D eigenvalue weighted by atomic mass is 16.5. The van der Waals surface area contributed by atoms with Gasteiger partial charge in [-0.3, -0.25) is 9.69 Å². The molecular formula is C17H22N4O3. The van der Waals surface area contributed by atoms with E-state index in [-0.39, 0.29) is 5.91 Å². The van der Waals surface area contributed by atoms with E-state index in [0.29, 0.717) is 29.1 Å². The summed E-state index contributed by atoms with van der Waals surface area (Å²) in [6.45, 7) is 3.81. The second kappa shape index (κ2) is 7.46. The molecule has 1 aromatic carbocycles. The third kappa shape index (κ3) is 3.93. The van der Waals surface area contributed by atoms with Crippen LogP contribution in [0.4, 0.5) is 0 Å². The molecule has 2 aromatic rings. The number of benzene rings is 1. The van der Waals surface area contributed by atoms with Crippen LogP contribution >= 0.6 is 0 Å². The Morgan fingerprint density at radius 3 is 2.92 bits per heavy atom. The van der Waals surface area contributed by atoms with Crippen molar-refractivity contribution in [2.75, 3.05) is 40.4 Å². The lowest BCUT2D eigenvalue weighted by Crippen LogP contribution is -2.35. The quantitative estimate of drug-likeness (QED) is 0.894. The molecule has 1 saturated heterocycles. The van der Waals surface area contributed by atoms with E-state index in [1.54, 1.807) is 24.5 Å². The Balaban J connectivity index is 1.77. The van der Waals surface area contributed by atoms with E-state index in [4.69, 9.17) is 9.15 Å². The summed E-state index contributed by atoms with van der Waals surface area (Å²) >= 11 is 0. The maximum absolute atomic E-state index is 12.3. The van der Waals surface area contributed by atoms with Gasteiger partial charge in [-0.2, -0.15) is 0 Å². The molecule has 7 nitrogen and oxygen atoms in total. The standard InChI is InChI=1S/C17H22N4O3/c1-20(2)7-6-18-17(22)13-4-3-5-14-16(13)19-15(24-14)12-21-8-10-23-11-9-21/h3-7H,8-12H2,1-2H3,(H,18,22). The topological polar surface area (TPSA) is 70.8 Å². The van der Waals surface area contributed by atoms with Crippen molar-refractivity contribution in [3.05, 3.63) is 42.1 Å². The number of hydrogen-bond acceptors (Lipinski definition) is 6. The summed E-state index contributed by atoms with van der Waals surface area (Å²) in [7, 11) is 3.78. The lowest BCUT2D eigenvalue weighted by Gasteiger charge is -2.24. The van der Waals surface area contributed by atoms with Gasteiger partial charge in [0.2, 0.25) is 5.89 Å². The van der Waals surface area contributed by atoms with E-state index >= 15 is 0 Å². The number of rotatable bonds is 5. The first-order valence-electron chi connectivity index (χ1n) is 7.96. The summed E-state index contributed by atoms with van der Waals surface area (Å²) in [6, 6.07) is 5.39. The van der Waals surface area contributed by atoms with Crippen LogP contribution in [0.2, 0.25) is 0 Å². The Hall–Kier alpha value is -2.38. The zero-order valence-corrected chi connectivity index (χ0v) is 14.0. The van der Waals surface area contributed by atoms with Gasteiger partial charge in [-0.05, 0) is 12.1 Å². The third-order valence-corrected chi connectivity index (χ3v) is 3.76. The first-order valence-corrected chi connectivity index (χ1v) is 7.96. The lowest BCUT2D eigenvalue weighted by atomic mass is 10.2. The molecule has 1 aliphatic rings. The fourth-order valence-corrected chi connectivity index (χ4v) is 2.54. The number of aromatic nitrogens is 1. The Bertz CT molecular complexity index is 733.